The molecule has 23 heavy (non-hydrogen) atoms. The Morgan fingerprint density at radius 1 is 1.39 bits per heavy atom. The van der Waals surface area contributed by atoms with Gasteiger partial charge in [0.25, 0.3) is 0 Å². The van der Waals surface area contributed by atoms with Crippen LogP contribution in [0.5, 0.6) is 0 Å². The maximum atomic E-state index is 11.8. The minimum Gasteiger partial charge on any atom is -0.748 e. The van der Waals surface area contributed by atoms with E-state index < -0.39 is 15.5 Å². The summed E-state index contributed by atoms with van der Waals surface area (Å²) in [4.78, 5) is 11.8. The maximum Gasteiger partial charge on any atom is 1.00 e. The molecule has 1 aromatic rings. The molecule has 1 saturated heterocycles. The molecule has 0 spiro atoms. The van der Waals surface area contributed by atoms with Gasteiger partial charge in [0.2, 0.25) is 5.91 Å². The van der Waals surface area contributed by atoms with Crippen molar-refractivity contribution < 1.29 is 47.3 Å². The molecule has 1 amide bonds. The van der Waals surface area contributed by atoms with Gasteiger partial charge >= 0.3 is 29.6 Å². The van der Waals surface area contributed by atoms with Crippen molar-refractivity contribution in [2.45, 2.75) is 20.3 Å². The minimum absolute atomic E-state index is 0. The van der Waals surface area contributed by atoms with Gasteiger partial charge in [0.15, 0.2) is 0 Å². The molecule has 122 valence electrons. The van der Waals surface area contributed by atoms with Crippen molar-refractivity contribution in [3.63, 3.8) is 0 Å². The second kappa shape index (κ2) is 7.85. The summed E-state index contributed by atoms with van der Waals surface area (Å²) < 4.78 is 31.6. The van der Waals surface area contributed by atoms with Crippen LogP contribution in [0.15, 0.2) is 24.3 Å². The van der Waals surface area contributed by atoms with Gasteiger partial charge < -0.3 is 9.87 Å². The predicted octanol–water partition coefficient (Wildman–Crippen LogP) is -2.08. The SMILES string of the molecule is CC1(C)CN(c2cccc(NCCCS(=O)(=O)[O-])c2)NC1=O.[Na+]. The van der Waals surface area contributed by atoms with Crippen LogP contribution < -0.4 is 45.3 Å². The summed E-state index contributed by atoms with van der Waals surface area (Å²) >= 11 is 0. The molecular formula is C14H20N3NaO4S. The predicted molar refractivity (Wildman–Crippen MR) is 83.4 cm³/mol. The number of amides is 1. The summed E-state index contributed by atoms with van der Waals surface area (Å²) in [6.45, 7) is 4.73. The van der Waals surface area contributed by atoms with Gasteiger partial charge in [-0.25, -0.2) is 8.42 Å². The number of hydrogen-bond acceptors (Lipinski definition) is 6. The number of nitrogens with one attached hydrogen (secondary N) is 2. The molecule has 1 aromatic carbocycles. The van der Waals surface area contributed by atoms with Crippen LogP contribution in [0.4, 0.5) is 11.4 Å². The van der Waals surface area contributed by atoms with E-state index in [2.05, 4.69) is 10.7 Å². The molecule has 0 aliphatic carbocycles. The summed E-state index contributed by atoms with van der Waals surface area (Å²) in [5, 5.41) is 4.86. The number of hydrazine groups is 1. The topological polar surface area (TPSA) is 102 Å². The first-order valence-electron chi connectivity index (χ1n) is 7.03. The van der Waals surface area contributed by atoms with Crippen molar-refractivity contribution in [3.05, 3.63) is 24.3 Å². The molecule has 0 bridgehead atoms. The third kappa shape index (κ3) is 5.96. The molecule has 0 atom stereocenters. The van der Waals surface area contributed by atoms with E-state index in [0.29, 0.717) is 13.1 Å². The Morgan fingerprint density at radius 3 is 2.65 bits per heavy atom. The van der Waals surface area contributed by atoms with Gasteiger partial charge in [-0.3, -0.25) is 15.2 Å². The molecule has 0 saturated carbocycles. The van der Waals surface area contributed by atoms with Gasteiger partial charge in [0.05, 0.1) is 27.8 Å². The molecule has 2 N–H and O–H groups in total. The first-order valence-corrected chi connectivity index (χ1v) is 8.61. The fourth-order valence-electron chi connectivity index (χ4n) is 2.20. The number of hydrogen-bond donors (Lipinski definition) is 2. The van der Waals surface area contributed by atoms with Crippen LogP contribution in [0.25, 0.3) is 0 Å². The number of carbonyl (C=O) groups excluding carboxylic acids is 1. The van der Waals surface area contributed by atoms with Crippen LogP contribution in [0.2, 0.25) is 0 Å². The summed E-state index contributed by atoms with van der Waals surface area (Å²) in [7, 11) is -4.16. The van der Waals surface area contributed by atoms with Crippen molar-refractivity contribution in [1.82, 2.24) is 5.43 Å². The van der Waals surface area contributed by atoms with Crippen LogP contribution in [0.1, 0.15) is 20.3 Å². The van der Waals surface area contributed by atoms with Crippen molar-refractivity contribution in [3.8, 4) is 0 Å². The first kappa shape index (κ1) is 20.2. The van der Waals surface area contributed by atoms with E-state index in [1.165, 1.54) is 0 Å². The van der Waals surface area contributed by atoms with Crippen LogP contribution in [0, 0.1) is 5.41 Å². The van der Waals surface area contributed by atoms with E-state index in [1.54, 1.807) is 5.01 Å². The molecule has 1 heterocycles. The number of anilines is 2. The van der Waals surface area contributed by atoms with E-state index in [9.17, 15) is 17.8 Å². The average Bonchev–Trinajstić information content (AvgIpc) is 2.69. The summed E-state index contributed by atoms with van der Waals surface area (Å²) in [5.41, 5.74) is 4.04. The molecular weight excluding hydrogens is 329 g/mol. The summed E-state index contributed by atoms with van der Waals surface area (Å²) in [6, 6.07) is 7.44. The van der Waals surface area contributed by atoms with E-state index in [1.807, 2.05) is 38.1 Å². The monoisotopic (exact) mass is 349 g/mol. The number of carbonyl (C=O) groups is 1. The smallest absolute Gasteiger partial charge is 0.748 e. The molecule has 2 rings (SSSR count). The maximum absolute atomic E-state index is 11.8. The van der Waals surface area contributed by atoms with Crippen molar-refractivity contribution in [2.24, 2.45) is 5.41 Å². The Labute approximate surface area is 158 Å². The van der Waals surface area contributed by atoms with E-state index in [-0.39, 0.29) is 47.6 Å². The Hall–Kier alpha value is -0.800. The molecule has 0 aromatic heterocycles. The van der Waals surface area contributed by atoms with E-state index in [4.69, 9.17) is 0 Å². The fourth-order valence-corrected chi connectivity index (χ4v) is 2.70. The van der Waals surface area contributed by atoms with Crippen molar-refractivity contribution >= 4 is 27.4 Å². The zero-order valence-electron chi connectivity index (χ0n) is 13.6. The van der Waals surface area contributed by atoms with Gasteiger partial charge in [-0.2, -0.15) is 0 Å². The van der Waals surface area contributed by atoms with E-state index >= 15 is 0 Å². The van der Waals surface area contributed by atoms with E-state index in [0.717, 1.165) is 11.4 Å². The normalized spacial score (nSPS) is 16.7. The standard InChI is InChI=1S/C14H21N3O4S.Na/c1-14(2)10-17(16-13(14)18)12-6-3-5-11(9-12)15-7-4-8-22(19,20)21;/h3,5-6,9,15H,4,7-8,10H2,1-2H3,(H,16,18)(H,19,20,21);/q;+1/p-1. The van der Waals surface area contributed by atoms with Crippen molar-refractivity contribution in [2.75, 3.05) is 29.2 Å². The molecule has 7 nitrogen and oxygen atoms in total. The molecule has 1 aliphatic rings. The zero-order chi connectivity index (χ0) is 16.4. The Bertz CT molecular complexity index is 664. The minimum atomic E-state index is -4.16. The largest absolute Gasteiger partial charge is 1.00 e. The van der Waals surface area contributed by atoms with Gasteiger partial charge in [0, 0.05) is 18.0 Å². The third-order valence-electron chi connectivity index (χ3n) is 3.46. The van der Waals surface area contributed by atoms with Gasteiger partial charge in [0.1, 0.15) is 0 Å². The number of benzene rings is 1. The first-order chi connectivity index (χ1) is 10.2. The summed E-state index contributed by atoms with van der Waals surface area (Å²) in [5.74, 6) is -0.401. The van der Waals surface area contributed by atoms with Crippen LogP contribution in [-0.4, -0.2) is 37.7 Å². The Balaban J connectivity index is 0.00000264. The zero-order valence-corrected chi connectivity index (χ0v) is 16.4. The van der Waals surface area contributed by atoms with Crippen molar-refractivity contribution in [1.29, 1.82) is 0 Å². The summed E-state index contributed by atoms with van der Waals surface area (Å²) in [6.07, 6.45) is 0.254. The Kier molecular flexibility index (Phi) is 6.91. The Morgan fingerprint density at radius 2 is 2.09 bits per heavy atom. The molecule has 1 aliphatic heterocycles. The second-order valence-electron chi connectivity index (χ2n) is 6.00. The molecule has 0 unspecified atom stereocenters. The number of rotatable bonds is 6. The quantitative estimate of drug-likeness (QED) is 0.347. The van der Waals surface area contributed by atoms with Crippen LogP contribution >= 0.6 is 0 Å². The van der Waals surface area contributed by atoms with Gasteiger partial charge in [-0.15, -0.1) is 0 Å². The van der Waals surface area contributed by atoms with Gasteiger partial charge in [-0.05, 0) is 38.5 Å². The van der Waals surface area contributed by atoms with Gasteiger partial charge in [-0.1, -0.05) is 6.07 Å². The van der Waals surface area contributed by atoms with Crippen LogP contribution in [-0.2, 0) is 14.9 Å². The third-order valence-corrected chi connectivity index (χ3v) is 4.25. The average molecular weight is 349 g/mol. The second-order valence-corrected chi connectivity index (χ2v) is 7.53. The molecule has 0 radical (unpaired) electrons. The van der Waals surface area contributed by atoms with Crippen LogP contribution in [0.3, 0.4) is 0 Å². The molecule has 1 fully saturated rings. The fraction of sp³-hybridized carbons (Fsp3) is 0.500. The molecule has 9 heteroatoms. The number of nitrogens with zero attached hydrogens (tertiary/aromatic N) is 1.